The predicted octanol–water partition coefficient (Wildman–Crippen LogP) is 3.68. The topological polar surface area (TPSA) is 75.0 Å². The summed E-state index contributed by atoms with van der Waals surface area (Å²) in [5.74, 6) is -0.123. The maximum Gasteiger partial charge on any atom is 0.344 e. The van der Waals surface area contributed by atoms with Crippen molar-refractivity contribution in [2.24, 2.45) is 0 Å². The van der Waals surface area contributed by atoms with Crippen LogP contribution in [0.5, 0.6) is 5.75 Å². The van der Waals surface area contributed by atoms with Gasteiger partial charge in [-0.25, -0.2) is 4.79 Å². The van der Waals surface area contributed by atoms with Crippen LogP contribution in [0.15, 0.2) is 57.9 Å². The number of carbonyl (C=O) groups excluding carboxylic acids is 1. The fourth-order valence-electron chi connectivity index (χ4n) is 2.49. The summed E-state index contributed by atoms with van der Waals surface area (Å²) in [7, 11) is 1.52. The first-order valence-corrected chi connectivity index (χ1v) is 8.56. The van der Waals surface area contributed by atoms with E-state index in [2.05, 4.69) is 0 Å². The molecule has 3 aromatic rings. The number of hydrogen-bond donors (Lipinski definition) is 0. The van der Waals surface area contributed by atoms with Crippen LogP contribution in [0.1, 0.15) is 0 Å². The van der Waals surface area contributed by atoms with Gasteiger partial charge in [0.15, 0.2) is 6.61 Å². The van der Waals surface area contributed by atoms with Crippen LogP contribution < -0.4 is 10.2 Å². The second kappa shape index (κ2) is 8.70. The highest BCUT2D eigenvalue weighted by molar-refractivity contribution is 6.33. The van der Waals surface area contributed by atoms with Gasteiger partial charge in [0.2, 0.25) is 5.43 Å². The maximum atomic E-state index is 12.8. The number of fused-ring (bicyclic) bond motifs is 1. The minimum atomic E-state index is -0.511. The standard InChI is InChI=1S/C20H17ClO6/c1-24-8-9-25-19(22)12-26-13-6-7-15-18(10-13)27-11-16(20(15)23)14-4-2-3-5-17(14)21/h2-7,10-11H,8-9,12H2,1H3. The molecule has 0 fully saturated rings. The molecule has 27 heavy (non-hydrogen) atoms. The summed E-state index contributed by atoms with van der Waals surface area (Å²) in [5.41, 5.74) is 1.13. The van der Waals surface area contributed by atoms with Crippen LogP contribution in [0.25, 0.3) is 22.1 Å². The number of ether oxygens (including phenoxy) is 3. The number of methoxy groups -OCH3 is 1. The molecule has 7 heteroatoms. The van der Waals surface area contributed by atoms with Crippen LogP contribution in [0.3, 0.4) is 0 Å². The first-order valence-electron chi connectivity index (χ1n) is 8.18. The van der Waals surface area contributed by atoms with Crippen molar-refractivity contribution < 1.29 is 23.4 Å². The van der Waals surface area contributed by atoms with Crippen LogP contribution in [0.2, 0.25) is 5.02 Å². The molecule has 1 heterocycles. The largest absolute Gasteiger partial charge is 0.482 e. The molecule has 0 bridgehead atoms. The molecule has 1 aromatic heterocycles. The van der Waals surface area contributed by atoms with Gasteiger partial charge < -0.3 is 18.6 Å². The smallest absolute Gasteiger partial charge is 0.344 e. The summed E-state index contributed by atoms with van der Waals surface area (Å²) in [4.78, 5) is 24.3. The van der Waals surface area contributed by atoms with E-state index in [4.69, 9.17) is 30.2 Å². The highest BCUT2D eigenvalue weighted by atomic mass is 35.5. The van der Waals surface area contributed by atoms with Gasteiger partial charge in [-0.05, 0) is 18.2 Å². The molecule has 0 spiro atoms. The minimum Gasteiger partial charge on any atom is -0.482 e. The average molecular weight is 389 g/mol. The van der Waals surface area contributed by atoms with Gasteiger partial charge in [0.05, 0.1) is 17.6 Å². The number of halogens is 1. The van der Waals surface area contributed by atoms with E-state index in [1.165, 1.54) is 13.4 Å². The Hall–Kier alpha value is -2.83. The molecular weight excluding hydrogens is 372 g/mol. The minimum absolute atomic E-state index is 0.163. The summed E-state index contributed by atoms with van der Waals surface area (Å²) < 4.78 is 20.7. The van der Waals surface area contributed by atoms with Crippen molar-refractivity contribution in [3.8, 4) is 16.9 Å². The molecule has 3 rings (SSSR count). The number of esters is 1. The highest BCUT2D eigenvalue weighted by Gasteiger charge is 2.13. The summed E-state index contributed by atoms with van der Waals surface area (Å²) >= 11 is 6.17. The Bertz CT molecular complexity index is 1010. The molecule has 0 atom stereocenters. The molecule has 2 aromatic carbocycles. The van der Waals surface area contributed by atoms with Crippen LogP contribution >= 0.6 is 11.6 Å². The van der Waals surface area contributed by atoms with Crippen molar-refractivity contribution in [1.29, 1.82) is 0 Å². The molecule has 0 aliphatic rings. The normalized spacial score (nSPS) is 10.7. The maximum absolute atomic E-state index is 12.8. The summed E-state index contributed by atoms with van der Waals surface area (Å²) in [6, 6.07) is 11.8. The van der Waals surface area contributed by atoms with Crippen molar-refractivity contribution in [3.05, 3.63) is 64.0 Å². The van der Waals surface area contributed by atoms with E-state index < -0.39 is 5.97 Å². The lowest BCUT2D eigenvalue weighted by molar-refractivity contribution is -0.147. The van der Waals surface area contributed by atoms with Crippen LogP contribution in [0.4, 0.5) is 0 Å². The van der Waals surface area contributed by atoms with E-state index in [-0.39, 0.29) is 18.6 Å². The van der Waals surface area contributed by atoms with E-state index in [1.54, 1.807) is 42.5 Å². The van der Waals surface area contributed by atoms with Crippen molar-refractivity contribution in [1.82, 2.24) is 0 Å². The molecule has 0 aliphatic carbocycles. The van der Waals surface area contributed by atoms with Crippen LogP contribution in [0, 0.1) is 0 Å². The molecule has 0 radical (unpaired) electrons. The van der Waals surface area contributed by atoms with Crippen molar-refractivity contribution in [3.63, 3.8) is 0 Å². The molecule has 0 amide bonds. The van der Waals surface area contributed by atoms with Crippen molar-refractivity contribution in [2.75, 3.05) is 26.9 Å². The quantitative estimate of drug-likeness (QED) is 0.454. The summed E-state index contributed by atoms with van der Waals surface area (Å²) in [5, 5.41) is 0.860. The molecule has 140 valence electrons. The third-order valence-corrected chi connectivity index (χ3v) is 4.15. The third kappa shape index (κ3) is 4.48. The SMILES string of the molecule is COCCOC(=O)COc1ccc2c(=O)c(-c3ccccc3Cl)coc2c1. The van der Waals surface area contributed by atoms with E-state index in [0.29, 0.717) is 39.5 Å². The molecule has 0 saturated carbocycles. The molecule has 0 aliphatic heterocycles. The number of hydrogen-bond acceptors (Lipinski definition) is 6. The summed E-state index contributed by atoms with van der Waals surface area (Å²) in [6.45, 7) is 0.230. The lowest BCUT2D eigenvalue weighted by Gasteiger charge is -2.08. The second-order valence-electron chi connectivity index (χ2n) is 5.62. The Morgan fingerprint density at radius 3 is 2.70 bits per heavy atom. The number of benzene rings is 2. The fourth-order valence-corrected chi connectivity index (χ4v) is 2.72. The van der Waals surface area contributed by atoms with Gasteiger partial charge in [-0.1, -0.05) is 29.8 Å². The lowest BCUT2D eigenvalue weighted by Crippen LogP contribution is -2.17. The van der Waals surface area contributed by atoms with E-state index in [0.717, 1.165) is 0 Å². The average Bonchev–Trinajstić information content (AvgIpc) is 2.68. The van der Waals surface area contributed by atoms with Gasteiger partial charge in [0.1, 0.15) is 24.2 Å². The third-order valence-electron chi connectivity index (χ3n) is 3.82. The Kier molecular flexibility index (Phi) is 6.11. The highest BCUT2D eigenvalue weighted by Crippen LogP contribution is 2.27. The number of carbonyl (C=O) groups is 1. The first kappa shape index (κ1) is 18.9. The van der Waals surface area contributed by atoms with Gasteiger partial charge in [-0.15, -0.1) is 0 Å². The molecular formula is C20H17ClO6. The molecule has 0 saturated heterocycles. The molecule has 0 N–H and O–H groups in total. The summed E-state index contributed by atoms with van der Waals surface area (Å²) in [6.07, 6.45) is 1.37. The van der Waals surface area contributed by atoms with Gasteiger partial charge >= 0.3 is 5.97 Å². The van der Waals surface area contributed by atoms with E-state index in [9.17, 15) is 9.59 Å². The lowest BCUT2D eigenvalue weighted by atomic mass is 10.1. The van der Waals surface area contributed by atoms with E-state index in [1.807, 2.05) is 0 Å². The molecule has 6 nitrogen and oxygen atoms in total. The Labute approximate surface area is 160 Å². The van der Waals surface area contributed by atoms with Gasteiger partial charge in [-0.3, -0.25) is 4.79 Å². The van der Waals surface area contributed by atoms with Crippen LogP contribution in [-0.4, -0.2) is 32.9 Å². The number of rotatable bonds is 7. The van der Waals surface area contributed by atoms with Gasteiger partial charge in [-0.2, -0.15) is 0 Å². The molecule has 0 unspecified atom stereocenters. The fraction of sp³-hybridized carbons (Fsp3) is 0.200. The zero-order valence-electron chi connectivity index (χ0n) is 14.6. The zero-order chi connectivity index (χ0) is 19.2. The Balaban J connectivity index is 1.79. The van der Waals surface area contributed by atoms with Crippen molar-refractivity contribution >= 4 is 28.5 Å². The Morgan fingerprint density at radius 2 is 1.93 bits per heavy atom. The predicted molar refractivity (Wildman–Crippen MR) is 101 cm³/mol. The van der Waals surface area contributed by atoms with Crippen LogP contribution in [-0.2, 0) is 14.3 Å². The van der Waals surface area contributed by atoms with Crippen molar-refractivity contribution in [2.45, 2.75) is 0 Å². The monoisotopic (exact) mass is 388 g/mol. The van der Waals surface area contributed by atoms with Gasteiger partial charge in [0.25, 0.3) is 0 Å². The Morgan fingerprint density at radius 1 is 1.11 bits per heavy atom. The van der Waals surface area contributed by atoms with Gasteiger partial charge in [0, 0.05) is 23.8 Å². The second-order valence-corrected chi connectivity index (χ2v) is 6.03. The zero-order valence-corrected chi connectivity index (χ0v) is 15.3. The van der Waals surface area contributed by atoms with E-state index >= 15 is 0 Å². The first-order chi connectivity index (χ1) is 13.1.